The zero-order valence-electron chi connectivity index (χ0n) is 6.44. The van der Waals surface area contributed by atoms with Crippen LogP contribution in [0.25, 0.3) is 10.8 Å². The largest absolute Gasteiger partial charge is 0.207 e. The predicted molar refractivity (Wildman–Crippen MR) is 42.7 cm³/mol. The molecule has 0 nitrogen and oxygen atoms in total. The Morgan fingerprint density at radius 3 is 2.54 bits per heavy atom. The molecule has 0 spiro atoms. The molecule has 65 valence electrons. The molecule has 0 unspecified atom stereocenters. The minimum absolute atomic E-state index is 0.109. The van der Waals surface area contributed by atoms with Gasteiger partial charge in [-0.1, -0.05) is 0 Å². The van der Waals surface area contributed by atoms with Crippen LogP contribution in [0.4, 0.5) is 13.2 Å². The van der Waals surface area contributed by atoms with Crippen molar-refractivity contribution in [3.05, 3.63) is 47.8 Å². The number of hydrogen-bond acceptors (Lipinski definition) is 0. The lowest BCUT2D eigenvalue weighted by atomic mass is 10.1. The highest BCUT2D eigenvalue weighted by atomic mass is 19.1. The number of halogens is 3. The van der Waals surface area contributed by atoms with E-state index in [0.29, 0.717) is 0 Å². The van der Waals surface area contributed by atoms with Gasteiger partial charge < -0.3 is 0 Å². The molecule has 0 amide bonds. The zero-order valence-corrected chi connectivity index (χ0v) is 6.44. The topological polar surface area (TPSA) is 0 Å². The average molecular weight is 181 g/mol. The van der Waals surface area contributed by atoms with Gasteiger partial charge in [0, 0.05) is 17.5 Å². The Morgan fingerprint density at radius 2 is 1.77 bits per heavy atom. The van der Waals surface area contributed by atoms with Crippen LogP contribution in [-0.4, -0.2) is 0 Å². The SMILES string of the molecule is Fc1[c]c2cc(F)cc(F)c2cc1. The predicted octanol–water partition coefficient (Wildman–Crippen LogP) is 3.06. The smallest absolute Gasteiger partial charge is 0.133 e. The van der Waals surface area contributed by atoms with Gasteiger partial charge in [-0.2, -0.15) is 0 Å². The summed E-state index contributed by atoms with van der Waals surface area (Å²) >= 11 is 0. The highest BCUT2D eigenvalue weighted by molar-refractivity contribution is 5.82. The molecule has 0 aliphatic rings. The van der Waals surface area contributed by atoms with Crippen LogP contribution in [0.2, 0.25) is 0 Å². The van der Waals surface area contributed by atoms with E-state index in [2.05, 4.69) is 6.07 Å². The van der Waals surface area contributed by atoms with Gasteiger partial charge in [0.15, 0.2) is 0 Å². The first-order chi connectivity index (χ1) is 6.16. The first-order valence-electron chi connectivity index (χ1n) is 3.63. The zero-order chi connectivity index (χ0) is 9.42. The molecule has 0 aliphatic heterocycles. The maximum Gasteiger partial charge on any atom is 0.133 e. The van der Waals surface area contributed by atoms with E-state index in [9.17, 15) is 13.2 Å². The Hall–Kier alpha value is -1.51. The summed E-state index contributed by atoms with van der Waals surface area (Å²) in [6.07, 6.45) is 0. The lowest BCUT2D eigenvalue weighted by molar-refractivity contribution is 0.591. The van der Waals surface area contributed by atoms with E-state index in [0.717, 1.165) is 18.2 Å². The Bertz CT molecular complexity index is 458. The molecule has 0 fully saturated rings. The quantitative estimate of drug-likeness (QED) is 0.585. The molecule has 0 N–H and O–H groups in total. The van der Waals surface area contributed by atoms with Gasteiger partial charge >= 0.3 is 0 Å². The summed E-state index contributed by atoms with van der Waals surface area (Å²) in [4.78, 5) is 0. The fourth-order valence-corrected chi connectivity index (χ4v) is 1.18. The number of hydrogen-bond donors (Lipinski definition) is 0. The number of rotatable bonds is 0. The highest BCUT2D eigenvalue weighted by Crippen LogP contribution is 2.19. The van der Waals surface area contributed by atoms with Crippen molar-refractivity contribution in [1.29, 1.82) is 0 Å². The molecular weight excluding hydrogens is 177 g/mol. The molecule has 3 heteroatoms. The minimum atomic E-state index is -0.730. The number of fused-ring (bicyclic) bond motifs is 1. The first-order valence-corrected chi connectivity index (χ1v) is 3.63. The van der Waals surface area contributed by atoms with Crippen LogP contribution in [0.3, 0.4) is 0 Å². The minimum Gasteiger partial charge on any atom is -0.207 e. The van der Waals surface area contributed by atoms with Crippen LogP contribution < -0.4 is 0 Å². The molecule has 0 aliphatic carbocycles. The molecule has 0 bridgehead atoms. The van der Waals surface area contributed by atoms with Gasteiger partial charge in [0.2, 0.25) is 0 Å². The average Bonchev–Trinajstić information content (AvgIpc) is 2.02. The van der Waals surface area contributed by atoms with Crippen molar-refractivity contribution in [3.63, 3.8) is 0 Å². The summed E-state index contributed by atoms with van der Waals surface area (Å²) in [6, 6.07) is 6.37. The van der Waals surface area contributed by atoms with E-state index in [1.165, 1.54) is 6.07 Å². The van der Waals surface area contributed by atoms with Crippen LogP contribution in [0.1, 0.15) is 0 Å². The van der Waals surface area contributed by atoms with E-state index in [1.54, 1.807) is 0 Å². The molecule has 0 heterocycles. The molecule has 0 saturated heterocycles. The Balaban J connectivity index is 2.86. The van der Waals surface area contributed by atoms with E-state index < -0.39 is 17.5 Å². The van der Waals surface area contributed by atoms with Gasteiger partial charge in [-0.05, 0) is 23.6 Å². The summed E-state index contributed by atoms with van der Waals surface area (Å²) in [7, 11) is 0. The maximum absolute atomic E-state index is 13.0. The molecule has 2 rings (SSSR count). The summed E-state index contributed by atoms with van der Waals surface area (Å²) in [5.74, 6) is -2.06. The molecule has 0 saturated carbocycles. The molecule has 0 aromatic heterocycles. The van der Waals surface area contributed by atoms with Crippen molar-refractivity contribution in [2.45, 2.75) is 0 Å². The molecular formula is C10H4F3. The summed E-state index contributed by atoms with van der Waals surface area (Å²) in [6.45, 7) is 0. The van der Waals surface area contributed by atoms with Gasteiger partial charge in [-0.25, -0.2) is 13.2 Å². The second-order valence-electron chi connectivity index (χ2n) is 2.66. The van der Waals surface area contributed by atoms with Crippen LogP contribution in [-0.2, 0) is 0 Å². The monoisotopic (exact) mass is 181 g/mol. The van der Waals surface area contributed by atoms with E-state index in [4.69, 9.17) is 0 Å². The van der Waals surface area contributed by atoms with Crippen molar-refractivity contribution < 1.29 is 13.2 Å². The lowest BCUT2D eigenvalue weighted by Gasteiger charge is -1.98. The fraction of sp³-hybridized carbons (Fsp3) is 0. The van der Waals surface area contributed by atoms with Crippen molar-refractivity contribution in [1.82, 2.24) is 0 Å². The second kappa shape index (κ2) is 2.76. The van der Waals surface area contributed by atoms with Gasteiger partial charge in [0.1, 0.15) is 17.5 Å². The van der Waals surface area contributed by atoms with E-state index in [-0.39, 0.29) is 10.8 Å². The lowest BCUT2D eigenvalue weighted by Crippen LogP contribution is -1.84. The van der Waals surface area contributed by atoms with Crippen molar-refractivity contribution in [3.8, 4) is 0 Å². The summed E-state index contributed by atoms with van der Waals surface area (Å²) in [5.41, 5.74) is 0. The van der Waals surface area contributed by atoms with Crippen LogP contribution in [0, 0.1) is 23.5 Å². The van der Waals surface area contributed by atoms with Gasteiger partial charge in [-0.15, -0.1) is 0 Å². The van der Waals surface area contributed by atoms with Crippen molar-refractivity contribution >= 4 is 10.8 Å². The van der Waals surface area contributed by atoms with E-state index >= 15 is 0 Å². The van der Waals surface area contributed by atoms with Crippen LogP contribution in [0.15, 0.2) is 24.3 Å². The Kier molecular flexibility index (Phi) is 1.72. The van der Waals surface area contributed by atoms with Gasteiger partial charge in [0.25, 0.3) is 0 Å². The van der Waals surface area contributed by atoms with Gasteiger partial charge in [0.05, 0.1) is 0 Å². The van der Waals surface area contributed by atoms with Gasteiger partial charge in [-0.3, -0.25) is 0 Å². The highest BCUT2D eigenvalue weighted by Gasteiger charge is 2.04. The fourth-order valence-electron chi connectivity index (χ4n) is 1.18. The van der Waals surface area contributed by atoms with E-state index in [1.807, 2.05) is 0 Å². The summed E-state index contributed by atoms with van der Waals surface area (Å²) in [5, 5.41) is 0.278. The second-order valence-corrected chi connectivity index (χ2v) is 2.66. The van der Waals surface area contributed by atoms with Crippen molar-refractivity contribution in [2.24, 2.45) is 0 Å². The standard InChI is InChI=1S/C10H4F3/c11-7-1-2-9-6(3-7)4-8(12)5-10(9)13/h1-2,4-5H. The Morgan fingerprint density at radius 1 is 1.00 bits per heavy atom. The van der Waals surface area contributed by atoms with Crippen LogP contribution >= 0.6 is 0 Å². The third kappa shape index (κ3) is 1.37. The molecule has 13 heavy (non-hydrogen) atoms. The molecule has 1 radical (unpaired) electrons. The third-order valence-corrected chi connectivity index (χ3v) is 1.74. The first kappa shape index (κ1) is 8.10. The summed E-state index contributed by atoms with van der Waals surface area (Å²) < 4.78 is 38.2. The Labute approximate surface area is 72.6 Å². The normalized spacial score (nSPS) is 10.7. The van der Waals surface area contributed by atoms with Crippen molar-refractivity contribution in [2.75, 3.05) is 0 Å². The molecule has 0 atom stereocenters. The molecule has 2 aromatic rings. The molecule has 2 aromatic carbocycles. The number of benzene rings is 2. The third-order valence-electron chi connectivity index (χ3n) is 1.74. The maximum atomic E-state index is 13.0. The van der Waals surface area contributed by atoms with Crippen LogP contribution in [0.5, 0.6) is 0 Å².